The maximum absolute atomic E-state index is 12.7. The Morgan fingerprint density at radius 3 is 2.39 bits per heavy atom. The third-order valence-corrected chi connectivity index (χ3v) is 4.93. The number of carbonyl (C=O) groups is 2. The van der Waals surface area contributed by atoms with Crippen LogP contribution in [0.15, 0.2) is 24.3 Å². The van der Waals surface area contributed by atoms with Crippen LogP contribution >= 0.6 is 0 Å². The molecule has 3 amide bonds. The zero-order chi connectivity index (χ0) is 20.7. The van der Waals surface area contributed by atoms with Crippen LogP contribution in [0.5, 0.6) is 5.75 Å². The van der Waals surface area contributed by atoms with E-state index in [1.807, 2.05) is 45.0 Å². The second-order valence-corrected chi connectivity index (χ2v) is 8.29. The van der Waals surface area contributed by atoms with Crippen molar-refractivity contribution in [3.63, 3.8) is 0 Å². The smallest absolute Gasteiger partial charge is 0.318 e. The molecular formula is C22H35N3O3. The van der Waals surface area contributed by atoms with Crippen molar-refractivity contribution in [1.29, 1.82) is 0 Å². The minimum absolute atomic E-state index is 0.0528. The number of hydrogen-bond donors (Lipinski definition) is 2. The van der Waals surface area contributed by atoms with E-state index in [4.69, 9.17) is 4.74 Å². The number of hydrogen-bond acceptors (Lipinski definition) is 3. The van der Waals surface area contributed by atoms with Crippen molar-refractivity contribution in [1.82, 2.24) is 15.5 Å². The van der Waals surface area contributed by atoms with Gasteiger partial charge in [0, 0.05) is 12.6 Å². The normalized spacial score (nSPS) is 17.7. The molecule has 6 heteroatoms. The number of ether oxygens (including phenoxy) is 1. The molecule has 2 atom stereocenters. The summed E-state index contributed by atoms with van der Waals surface area (Å²) < 4.78 is 5.75. The third-order valence-electron chi connectivity index (χ3n) is 4.93. The third kappa shape index (κ3) is 6.43. The maximum Gasteiger partial charge on any atom is 0.318 e. The largest absolute Gasteiger partial charge is 0.494 e. The molecule has 0 aliphatic carbocycles. The zero-order valence-electron chi connectivity index (χ0n) is 17.8. The van der Waals surface area contributed by atoms with Gasteiger partial charge in [-0.05, 0) is 63.6 Å². The molecule has 1 aromatic carbocycles. The second-order valence-electron chi connectivity index (χ2n) is 8.29. The SMILES string of the molecule is CC(C)CCOc1ccc([C@@H](C)NC(=O)[C@@H]2CCCN2C(=O)NC(C)C)cc1. The van der Waals surface area contributed by atoms with Crippen LogP contribution in [0.3, 0.4) is 0 Å². The van der Waals surface area contributed by atoms with Gasteiger partial charge in [0.1, 0.15) is 11.8 Å². The Bertz CT molecular complexity index is 643. The lowest BCUT2D eigenvalue weighted by molar-refractivity contribution is -0.125. The van der Waals surface area contributed by atoms with E-state index in [0.29, 0.717) is 25.5 Å². The molecule has 1 fully saturated rings. The molecular weight excluding hydrogens is 354 g/mol. The zero-order valence-corrected chi connectivity index (χ0v) is 17.8. The molecule has 1 aliphatic rings. The molecule has 2 rings (SSSR count). The highest BCUT2D eigenvalue weighted by Gasteiger charge is 2.34. The van der Waals surface area contributed by atoms with Crippen molar-refractivity contribution >= 4 is 11.9 Å². The number of urea groups is 1. The predicted molar refractivity (Wildman–Crippen MR) is 111 cm³/mol. The number of carbonyl (C=O) groups excluding carboxylic acids is 2. The molecule has 1 aliphatic heterocycles. The predicted octanol–water partition coefficient (Wildman–Crippen LogP) is 3.87. The van der Waals surface area contributed by atoms with Crippen LogP contribution < -0.4 is 15.4 Å². The Morgan fingerprint density at radius 1 is 1.11 bits per heavy atom. The molecule has 0 spiro atoms. The van der Waals surface area contributed by atoms with E-state index in [-0.39, 0.29) is 24.0 Å². The van der Waals surface area contributed by atoms with E-state index < -0.39 is 6.04 Å². The Balaban J connectivity index is 1.89. The minimum Gasteiger partial charge on any atom is -0.494 e. The van der Waals surface area contributed by atoms with Gasteiger partial charge in [-0.3, -0.25) is 4.79 Å². The van der Waals surface area contributed by atoms with E-state index in [1.165, 1.54) is 0 Å². The summed E-state index contributed by atoms with van der Waals surface area (Å²) in [5.74, 6) is 1.36. The Morgan fingerprint density at radius 2 is 1.79 bits per heavy atom. The first-order valence-electron chi connectivity index (χ1n) is 10.4. The summed E-state index contributed by atoms with van der Waals surface area (Å²) in [4.78, 5) is 26.7. The van der Waals surface area contributed by atoms with Gasteiger partial charge in [0.2, 0.25) is 5.91 Å². The van der Waals surface area contributed by atoms with Crippen LogP contribution in [-0.4, -0.2) is 42.1 Å². The molecule has 0 bridgehead atoms. The van der Waals surface area contributed by atoms with Gasteiger partial charge in [0.05, 0.1) is 12.6 Å². The van der Waals surface area contributed by atoms with E-state index in [0.717, 1.165) is 24.2 Å². The van der Waals surface area contributed by atoms with Gasteiger partial charge in [-0.15, -0.1) is 0 Å². The van der Waals surface area contributed by atoms with Gasteiger partial charge >= 0.3 is 6.03 Å². The summed E-state index contributed by atoms with van der Waals surface area (Å²) in [7, 11) is 0. The Kier molecular flexibility index (Phi) is 8.15. The summed E-state index contributed by atoms with van der Waals surface area (Å²) in [5, 5.41) is 5.93. The summed E-state index contributed by atoms with van der Waals surface area (Å²) in [6, 6.07) is 7.20. The van der Waals surface area contributed by atoms with Crippen molar-refractivity contribution in [2.24, 2.45) is 5.92 Å². The molecule has 1 aromatic rings. The van der Waals surface area contributed by atoms with E-state index in [2.05, 4.69) is 24.5 Å². The highest BCUT2D eigenvalue weighted by Crippen LogP contribution is 2.21. The highest BCUT2D eigenvalue weighted by atomic mass is 16.5. The molecule has 1 saturated heterocycles. The van der Waals surface area contributed by atoms with E-state index >= 15 is 0 Å². The van der Waals surface area contributed by atoms with Gasteiger partial charge in [0.25, 0.3) is 0 Å². The summed E-state index contributed by atoms with van der Waals surface area (Å²) in [6.07, 6.45) is 2.57. The summed E-state index contributed by atoms with van der Waals surface area (Å²) in [5.41, 5.74) is 1.01. The lowest BCUT2D eigenvalue weighted by Crippen LogP contribution is -2.51. The number of rotatable bonds is 8. The molecule has 0 aromatic heterocycles. The molecule has 2 N–H and O–H groups in total. The quantitative estimate of drug-likeness (QED) is 0.709. The number of benzene rings is 1. The van der Waals surface area contributed by atoms with Gasteiger partial charge in [-0.25, -0.2) is 4.79 Å². The van der Waals surface area contributed by atoms with Crippen LogP contribution in [0.4, 0.5) is 4.79 Å². The monoisotopic (exact) mass is 389 g/mol. The first-order valence-corrected chi connectivity index (χ1v) is 10.4. The molecule has 0 saturated carbocycles. The van der Waals surface area contributed by atoms with Crippen molar-refractivity contribution in [2.45, 2.75) is 72.0 Å². The first kappa shape index (κ1) is 22.1. The standard InChI is InChI=1S/C22H35N3O3/c1-15(2)12-14-28-19-10-8-18(9-11-19)17(5)24-21(26)20-7-6-13-25(20)22(27)23-16(3)4/h8-11,15-17,20H,6-7,12-14H2,1-5H3,(H,23,27)(H,24,26)/t17-,20+/m1/s1. The molecule has 1 heterocycles. The van der Waals surface area contributed by atoms with Crippen LogP contribution in [-0.2, 0) is 4.79 Å². The molecule has 0 unspecified atom stereocenters. The fraction of sp³-hybridized carbons (Fsp3) is 0.636. The lowest BCUT2D eigenvalue weighted by atomic mass is 10.1. The van der Waals surface area contributed by atoms with Gasteiger partial charge in [0.15, 0.2) is 0 Å². The number of amides is 3. The number of likely N-dealkylation sites (tertiary alicyclic amines) is 1. The van der Waals surface area contributed by atoms with Crippen LogP contribution in [0.1, 0.15) is 65.5 Å². The van der Waals surface area contributed by atoms with Gasteiger partial charge in [-0.1, -0.05) is 26.0 Å². The average molecular weight is 390 g/mol. The van der Waals surface area contributed by atoms with Crippen LogP contribution in [0, 0.1) is 5.92 Å². The first-order chi connectivity index (χ1) is 13.3. The minimum atomic E-state index is -0.403. The molecule has 6 nitrogen and oxygen atoms in total. The average Bonchev–Trinajstić information content (AvgIpc) is 3.11. The lowest BCUT2D eigenvalue weighted by Gasteiger charge is -2.26. The molecule has 0 radical (unpaired) electrons. The van der Waals surface area contributed by atoms with E-state index in [9.17, 15) is 9.59 Å². The van der Waals surface area contributed by atoms with Crippen molar-refractivity contribution < 1.29 is 14.3 Å². The van der Waals surface area contributed by atoms with E-state index in [1.54, 1.807) is 4.90 Å². The highest BCUT2D eigenvalue weighted by molar-refractivity contribution is 5.88. The Labute approximate surface area is 169 Å². The molecule has 156 valence electrons. The molecule has 28 heavy (non-hydrogen) atoms. The summed E-state index contributed by atoms with van der Waals surface area (Å²) >= 11 is 0. The second kappa shape index (κ2) is 10.3. The fourth-order valence-electron chi connectivity index (χ4n) is 3.27. The van der Waals surface area contributed by atoms with Gasteiger partial charge in [-0.2, -0.15) is 0 Å². The number of nitrogens with zero attached hydrogens (tertiary/aromatic N) is 1. The fourth-order valence-corrected chi connectivity index (χ4v) is 3.27. The van der Waals surface area contributed by atoms with Crippen molar-refractivity contribution in [3.05, 3.63) is 29.8 Å². The Hall–Kier alpha value is -2.24. The van der Waals surface area contributed by atoms with Crippen molar-refractivity contribution in [2.75, 3.05) is 13.2 Å². The van der Waals surface area contributed by atoms with Gasteiger partial charge < -0.3 is 20.3 Å². The maximum atomic E-state index is 12.7. The number of nitrogens with one attached hydrogen (secondary N) is 2. The topological polar surface area (TPSA) is 70.7 Å². The summed E-state index contributed by atoms with van der Waals surface area (Å²) in [6.45, 7) is 11.5. The van der Waals surface area contributed by atoms with Crippen LogP contribution in [0.25, 0.3) is 0 Å². The van der Waals surface area contributed by atoms with Crippen LogP contribution in [0.2, 0.25) is 0 Å². The van der Waals surface area contributed by atoms with Crippen molar-refractivity contribution in [3.8, 4) is 5.75 Å².